The molecule has 4 N–H and O–H groups in total. The molecule has 0 aliphatic rings. The number of nitrogens with one attached hydrogen (secondary N) is 1. The van der Waals surface area contributed by atoms with Gasteiger partial charge >= 0.3 is 0 Å². The van der Waals surface area contributed by atoms with Crippen LogP contribution in [0.5, 0.6) is 11.5 Å². The minimum absolute atomic E-state index is 0. The second kappa shape index (κ2) is 9.76. The van der Waals surface area contributed by atoms with Crippen LogP contribution in [0.3, 0.4) is 0 Å². The first-order chi connectivity index (χ1) is 11.9. The van der Waals surface area contributed by atoms with Crippen LogP contribution in [-0.4, -0.2) is 42.1 Å². The largest absolute Gasteiger partial charge is 0.457 e. The van der Waals surface area contributed by atoms with E-state index in [4.69, 9.17) is 15.7 Å². The molecule has 0 spiro atoms. The van der Waals surface area contributed by atoms with Gasteiger partial charge in [-0.3, -0.25) is 14.8 Å². The summed E-state index contributed by atoms with van der Waals surface area (Å²) in [6.45, 7) is 0. The van der Waals surface area contributed by atoms with Crippen LogP contribution in [0.1, 0.15) is 15.9 Å². The highest BCUT2D eigenvalue weighted by Gasteiger charge is 2.15. The van der Waals surface area contributed by atoms with E-state index in [1.807, 2.05) is 12.1 Å². The highest BCUT2D eigenvalue weighted by Crippen LogP contribution is 2.22. The summed E-state index contributed by atoms with van der Waals surface area (Å²) < 4.78 is 5.69. The van der Waals surface area contributed by atoms with E-state index in [1.54, 1.807) is 56.0 Å². The maximum atomic E-state index is 11.8. The highest BCUT2D eigenvalue weighted by atomic mass is 35.5. The standard InChI is InChI=1S/C18H21N3O4.ClH/c1-21(2)18(23)16(19)11-12-3-7-14(8-4-12)25-15-9-5-13(6-10-15)17(22)20-24;/h3-10,16,24H,11,19H2,1-2H3,(H,20,22);1H/t16-;/m0./s1. The molecule has 0 saturated heterocycles. The molecule has 0 aromatic heterocycles. The van der Waals surface area contributed by atoms with Crippen molar-refractivity contribution in [2.24, 2.45) is 5.73 Å². The maximum absolute atomic E-state index is 11.8. The van der Waals surface area contributed by atoms with E-state index in [9.17, 15) is 9.59 Å². The molecule has 2 aromatic rings. The summed E-state index contributed by atoms with van der Waals surface area (Å²) in [5.74, 6) is 0.476. The topological polar surface area (TPSA) is 105 Å². The smallest absolute Gasteiger partial charge is 0.274 e. The number of hydrogen-bond acceptors (Lipinski definition) is 5. The molecule has 0 aliphatic heterocycles. The first-order valence-corrected chi connectivity index (χ1v) is 7.68. The Hall–Kier alpha value is -2.61. The van der Waals surface area contributed by atoms with Crippen LogP contribution in [0.4, 0.5) is 0 Å². The van der Waals surface area contributed by atoms with Gasteiger partial charge in [-0.25, -0.2) is 5.48 Å². The van der Waals surface area contributed by atoms with Crippen LogP contribution in [0.2, 0.25) is 0 Å². The van der Waals surface area contributed by atoms with Crippen LogP contribution in [0.25, 0.3) is 0 Å². The number of ether oxygens (including phenoxy) is 1. The fourth-order valence-electron chi connectivity index (χ4n) is 2.24. The van der Waals surface area contributed by atoms with Gasteiger partial charge in [0.25, 0.3) is 5.91 Å². The Labute approximate surface area is 158 Å². The summed E-state index contributed by atoms with van der Waals surface area (Å²) in [6, 6.07) is 13.0. The summed E-state index contributed by atoms with van der Waals surface area (Å²) >= 11 is 0. The maximum Gasteiger partial charge on any atom is 0.274 e. The number of carbonyl (C=O) groups excluding carboxylic acids is 2. The molecule has 0 aliphatic carbocycles. The molecule has 2 rings (SSSR count). The summed E-state index contributed by atoms with van der Waals surface area (Å²) in [6.07, 6.45) is 0.447. The van der Waals surface area contributed by atoms with Crippen LogP contribution in [0, 0.1) is 0 Å². The Kier molecular flexibility index (Phi) is 8.05. The SMILES string of the molecule is CN(C)C(=O)[C@@H](N)Cc1ccc(Oc2ccc(C(=O)NO)cc2)cc1.Cl. The third kappa shape index (κ3) is 5.73. The molecule has 26 heavy (non-hydrogen) atoms. The summed E-state index contributed by atoms with van der Waals surface area (Å²) in [7, 11) is 3.35. The Balaban J connectivity index is 0.00000338. The van der Waals surface area contributed by atoms with Gasteiger partial charge < -0.3 is 15.4 Å². The quantitative estimate of drug-likeness (QED) is 0.525. The van der Waals surface area contributed by atoms with Crippen molar-refractivity contribution in [2.45, 2.75) is 12.5 Å². The number of hydroxylamine groups is 1. The monoisotopic (exact) mass is 379 g/mol. The molecular weight excluding hydrogens is 358 g/mol. The van der Waals surface area contributed by atoms with E-state index >= 15 is 0 Å². The predicted molar refractivity (Wildman–Crippen MR) is 99.8 cm³/mol. The van der Waals surface area contributed by atoms with Gasteiger partial charge in [-0.1, -0.05) is 12.1 Å². The predicted octanol–water partition coefficient (Wildman–Crippen LogP) is 1.98. The Morgan fingerprint density at radius 2 is 1.58 bits per heavy atom. The molecule has 2 aromatic carbocycles. The minimum atomic E-state index is -0.584. The highest BCUT2D eigenvalue weighted by molar-refractivity contribution is 5.93. The molecule has 0 bridgehead atoms. The number of hydrogen-bond donors (Lipinski definition) is 3. The van der Waals surface area contributed by atoms with E-state index < -0.39 is 11.9 Å². The molecule has 0 unspecified atom stereocenters. The van der Waals surface area contributed by atoms with E-state index in [0.29, 0.717) is 23.5 Å². The lowest BCUT2D eigenvalue weighted by molar-refractivity contribution is -0.130. The summed E-state index contributed by atoms with van der Waals surface area (Å²) in [5.41, 5.74) is 8.72. The molecule has 8 heteroatoms. The molecule has 0 fully saturated rings. The zero-order valence-electron chi connectivity index (χ0n) is 14.5. The van der Waals surface area contributed by atoms with Gasteiger partial charge in [-0.15, -0.1) is 12.4 Å². The molecule has 7 nitrogen and oxygen atoms in total. The van der Waals surface area contributed by atoms with Gasteiger partial charge in [-0.2, -0.15) is 0 Å². The number of nitrogens with zero attached hydrogens (tertiary/aromatic N) is 1. The lowest BCUT2D eigenvalue weighted by atomic mass is 10.1. The first kappa shape index (κ1) is 21.4. The van der Waals surface area contributed by atoms with E-state index in [2.05, 4.69) is 0 Å². The molecule has 0 saturated carbocycles. The number of nitrogens with two attached hydrogens (primary N) is 1. The van der Waals surface area contributed by atoms with Crippen molar-refractivity contribution in [3.8, 4) is 11.5 Å². The van der Waals surface area contributed by atoms with Crippen LogP contribution in [-0.2, 0) is 11.2 Å². The Bertz CT molecular complexity index is 733. The number of rotatable bonds is 6. The van der Waals surface area contributed by atoms with Crippen molar-refractivity contribution < 1.29 is 19.5 Å². The fraction of sp³-hybridized carbons (Fsp3) is 0.222. The summed E-state index contributed by atoms with van der Waals surface area (Å²) in [4.78, 5) is 24.5. The second-order valence-corrected chi connectivity index (χ2v) is 5.75. The molecule has 0 heterocycles. The van der Waals surface area contributed by atoms with Gasteiger partial charge in [0, 0.05) is 19.7 Å². The average Bonchev–Trinajstić information content (AvgIpc) is 2.62. The first-order valence-electron chi connectivity index (χ1n) is 7.68. The second-order valence-electron chi connectivity index (χ2n) is 5.75. The van der Waals surface area contributed by atoms with Gasteiger partial charge in [0.2, 0.25) is 5.91 Å². The van der Waals surface area contributed by atoms with Gasteiger partial charge in [0.05, 0.1) is 6.04 Å². The van der Waals surface area contributed by atoms with E-state index in [1.165, 1.54) is 4.90 Å². The number of benzene rings is 2. The normalized spacial score (nSPS) is 11.1. The minimum Gasteiger partial charge on any atom is -0.457 e. The van der Waals surface area contributed by atoms with Crippen molar-refractivity contribution in [1.29, 1.82) is 0 Å². The van der Waals surface area contributed by atoms with E-state index in [-0.39, 0.29) is 18.3 Å². The Morgan fingerprint density at radius 1 is 1.08 bits per heavy atom. The van der Waals surface area contributed by atoms with Crippen LogP contribution >= 0.6 is 12.4 Å². The molecule has 0 radical (unpaired) electrons. The zero-order valence-corrected chi connectivity index (χ0v) is 15.3. The van der Waals surface area contributed by atoms with Gasteiger partial charge in [0.1, 0.15) is 11.5 Å². The lowest BCUT2D eigenvalue weighted by Gasteiger charge is -2.16. The number of halogens is 1. The average molecular weight is 380 g/mol. The Morgan fingerprint density at radius 3 is 2.04 bits per heavy atom. The van der Waals surface area contributed by atoms with Crippen LogP contribution in [0.15, 0.2) is 48.5 Å². The fourth-order valence-corrected chi connectivity index (χ4v) is 2.24. The van der Waals surface area contributed by atoms with Crippen molar-refractivity contribution in [3.05, 3.63) is 59.7 Å². The third-order valence-electron chi connectivity index (χ3n) is 3.59. The lowest BCUT2D eigenvalue weighted by Crippen LogP contribution is -2.41. The van der Waals surface area contributed by atoms with Crippen molar-refractivity contribution >= 4 is 24.2 Å². The van der Waals surface area contributed by atoms with E-state index in [0.717, 1.165) is 5.56 Å². The molecular formula is C18H22ClN3O4. The van der Waals surface area contributed by atoms with Crippen LogP contribution < -0.4 is 16.0 Å². The summed E-state index contributed by atoms with van der Waals surface area (Å²) in [5, 5.41) is 8.58. The molecule has 2 amide bonds. The molecule has 1 atom stereocenters. The zero-order chi connectivity index (χ0) is 18.4. The number of carbonyl (C=O) groups is 2. The van der Waals surface area contributed by atoms with Crippen molar-refractivity contribution in [3.63, 3.8) is 0 Å². The van der Waals surface area contributed by atoms with Gasteiger partial charge in [-0.05, 0) is 48.4 Å². The molecule has 140 valence electrons. The third-order valence-corrected chi connectivity index (χ3v) is 3.59. The van der Waals surface area contributed by atoms with Crippen molar-refractivity contribution in [2.75, 3.05) is 14.1 Å². The number of likely N-dealkylation sites (N-methyl/N-ethyl adjacent to an activating group) is 1. The van der Waals surface area contributed by atoms with Crippen molar-refractivity contribution in [1.82, 2.24) is 10.4 Å². The van der Waals surface area contributed by atoms with Gasteiger partial charge in [0.15, 0.2) is 0 Å². The number of amides is 2.